The molecule has 1 fully saturated rings. The molecule has 0 saturated carbocycles. The van der Waals surface area contributed by atoms with Gasteiger partial charge in [0.1, 0.15) is 5.69 Å². The highest BCUT2D eigenvalue weighted by molar-refractivity contribution is 5.93. The third-order valence-electron chi connectivity index (χ3n) is 5.33. The molecule has 31 heavy (non-hydrogen) atoms. The number of hydrogen-bond donors (Lipinski definition) is 1. The zero-order chi connectivity index (χ0) is 22.8. The van der Waals surface area contributed by atoms with Crippen molar-refractivity contribution in [1.29, 1.82) is 0 Å². The van der Waals surface area contributed by atoms with Gasteiger partial charge in [0.05, 0.1) is 17.0 Å². The summed E-state index contributed by atoms with van der Waals surface area (Å²) < 4.78 is 38.7. The van der Waals surface area contributed by atoms with Crippen LogP contribution in [0.5, 0.6) is 0 Å². The number of aryl methyl sites for hydroxylation is 2. The van der Waals surface area contributed by atoms with Gasteiger partial charge in [-0.05, 0) is 37.1 Å². The van der Waals surface area contributed by atoms with Gasteiger partial charge in [0.25, 0.3) is 5.69 Å². The average molecular weight is 436 g/mol. The summed E-state index contributed by atoms with van der Waals surface area (Å²) >= 11 is 0. The largest absolute Gasteiger partial charge is 0.416 e. The fourth-order valence-corrected chi connectivity index (χ4v) is 3.65. The van der Waals surface area contributed by atoms with Crippen molar-refractivity contribution in [1.82, 2.24) is 4.90 Å². The SMILES string of the molecule is Cc1cccc(C)c1NC(=O)CN1CCN(c2ccc(C(F)(F)F)cc2[N+](=O)[O-])CC1. The van der Waals surface area contributed by atoms with E-state index in [0.717, 1.165) is 28.9 Å². The second-order valence-corrected chi connectivity index (χ2v) is 7.54. The molecule has 0 aliphatic carbocycles. The number of amides is 1. The van der Waals surface area contributed by atoms with Crippen molar-refractivity contribution in [2.24, 2.45) is 0 Å². The second kappa shape index (κ2) is 8.93. The number of hydrogen-bond acceptors (Lipinski definition) is 5. The summed E-state index contributed by atoms with van der Waals surface area (Å²) in [5.74, 6) is -0.161. The van der Waals surface area contributed by atoms with Gasteiger partial charge in [-0.1, -0.05) is 18.2 Å². The van der Waals surface area contributed by atoms with Gasteiger partial charge in [-0.25, -0.2) is 0 Å². The first kappa shape index (κ1) is 22.5. The van der Waals surface area contributed by atoms with Gasteiger partial charge in [0, 0.05) is 37.9 Å². The van der Waals surface area contributed by atoms with Crippen LogP contribution in [0.15, 0.2) is 36.4 Å². The first-order valence-corrected chi connectivity index (χ1v) is 9.75. The predicted molar refractivity (Wildman–Crippen MR) is 111 cm³/mol. The quantitative estimate of drug-likeness (QED) is 0.566. The van der Waals surface area contributed by atoms with Crippen molar-refractivity contribution in [2.75, 3.05) is 42.9 Å². The van der Waals surface area contributed by atoms with E-state index in [0.29, 0.717) is 32.2 Å². The first-order valence-electron chi connectivity index (χ1n) is 9.75. The lowest BCUT2D eigenvalue weighted by atomic mass is 10.1. The lowest BCUT2D eigenvalue weighted by Gasteiger charge is -2.35. The molecule has 0 bridgehead atoms. The van der Waals surface area contributed by atoms with Crippen molar-refractivity contribution in [2.45, 2.75) is 20.0 Å². The van der Waals surface area contributed by atoms with Crippen molar-refractivity contribution in [3.63, 3.8) is 0 Å². The molecule has 0 radical (unpaired) electrons. The van der Waals surface area contributed by atoms with Gasteiger partial charge in [-0.3, -0.25) is 19.8 Å². The number of benzene rings is 2. The van der Waals surface area contributed by atoms with E-state index in [-0.39, 0.29) is 18.1 Å². The molecule has 0 spiro atoms. The first-order chi connectivity index (χ1) is 14.6. The predicted octanol–water partition coefficient (Wildman–Crippen LogP) is 3.99. The van der Waals surface area contributed by atoms with E-state index in [1.54, 1.807) is 4.90 Å². The van der Waals surface area contributed by atoms with Gasteiger partial charge < -0.3 is 10.2 Å². The maximum atomic E-state index is 12.9. The molecule has 166 valence electrons. The molecule has 2 aromatic rings. The number of nitro groups is 1. The summed E-state index contributed by atoms with van der Waals surface area (Å²) in [7, 11) is 0. The molecule has 1 amide bonds. The molecule has 3 rings (SSSR count). The van der Waals surface area contributed by atoms with Crippen molar-refractivity contribution >= 4 is 23.0 Å². The van der Waals surface area contributed by atoms with Crippen LogP contribution in [0.25, 0.3) is 0 Å². The Hall–Kier alpha value is -3.14. The highest BCUT2D eigenvalue weighted by atomic mass is 19.4. The van der Waals surface area contributed by atoms with Crippen LogP contribution < -0.4 is 10.2 Å². The molecule has 0 atom stereocenters. The summed E-state index contributed by atoms with van der Waals surface area (Å²) in [6.45, 7) is 5.63. The fourth-order valence-electron chi connectivity index (χ4n) is 3.65. The molecule has 1 aliphatic heterocycles. The monoisotopic (exact) mass is 436 g/mol. The van der Waals surface area contributed by atoms with Gasteiger partial charge in [-0.15, -0.1) is 0 Å². The van der Waals surface area contributed by atoms with E-state index in [9.17, 15) is 28.1 Å². The molecular formula is C21H23F3N4O3. The maximum Gasteiger partial charge on any atom is 0.416 e. The van der Waals surface area contributed by atoms with E-state index in [4.69, 9.17) is 0 Å². The Morgan fingerprint density at radius 1 is 1.10 bits per heavy atom. The second-order valence-electron chi connectivity index (χ2n) is 7.54. The van der Waals surface area contributed by atoms with Crippen LogP contribution >= 0.6 is 0 Å². The number of alkyl halides is 3. The molecule has 0 unspecified atom stereocenters. The zero-order valence-electron chi connectivity index (χ0n) is 17.2. The smallest absolute Gasteiger partial charge is 0.363 e. The van der Waals surface area contributed by atoms with Gasteiger partial charge >= 0.3 is 6.18 Å². The minimum Gasteiger partial charge on any atom is -0.363 e. The number of para-hydroxylation sites is 1. The van der Waals surface area contributed by atoms with E-state index in [2.05, 4.69) is 5.32 Å². The molecular weight excluding hydrogens is 413 g/mol. The summed E-state index contributed by atoms with van der Waals surface area (Å²) in [6, 6.07) is 8.31. The standard InChI is InChI=1S/C21H23F3N4O3/c1-14-4-3-5-15(2)20(14)25-19(29)13-26-8-10-27(11-9-26)17-7-6-16(21(22,23)24)12-18(17)28(30)31/h3-7,12H,8-11,13H2,1-2H3,(H,25,29). The molecule has 1 heterocycles. The number of carbonyl (C=O) groups excluding carboxylic acids is 1. The van der Waals surface area contributed by atoms with Crippen molar-refractivity contribution < 1.29 is 22.9 Å². The van der Waals surface area contributed by atoms with Crippen LogP contribution in [0.2, 0.25) is 0 Å². The number of nitrogens with zero attached hydrogens (tertiary/aromatic N) is 3. The summed E-state index contributed by atoms with van der Waals surface area (Å²) in [6.07, 6.45) is -4.65. The highest BCUT2D eigenvalue weighted by Gasteiger charge is 2.34. The molecule has 1 N–H and O–H groups in total. The third kappa shape index (κ3) is 5.32. The Kier molecular flexibility index (Phi) is 6.49. The van der Waals surface area contributed by atoms with Crippen LogP contribution in [0.4, 0.5) is 30.2 Å². The lowest BCUT2D eigenvalue weighted by molar-refractivity contribution is -0.384. The van der Waals surface area contributed by atoms with Crippen molar-refractivity contribution in [3.05, 3.63) is 63.2 Å². The minimum atomic E-state index is -4.65. The van der Waals surface area contributed by atoms with Crippen molar-refractivity contribution in [3.8, 4) is 0 Å². The Bertz CT molecular complexity index is 966. The summed E-state index contributed by atoms with van der Waals surface area (Å²) in [5.41, 5.74) is 1.24. The van der Waals surface area contributed by atoms with Gasteiger partial charge in [0.15, 0.2) is 0 Å². The number of carbonyl (C=O) groups is 1. The number of halogens is 3. The van der Waals surface area contributed by atoms with Crippen LogP contribution in [-0.2, 0) is 11.0 Å². The molecule has 1 saturated heterocycles. The maximum absolute atomic E-state index is 12.9. The van der Waals surface area contributed by atoms with E-state index in [1.807, 2.05) is 36.9 Å². The van der Waals surface area contributed by atoms with E-state index >= 15 is 0 Å². The normalized spacial score (nSPS) is 15.1. The minimum absolute atomic E-state index is 0.151. The Morgan fingerprint density at radius 3 is 2.26 bits per heavy atom. The third-order valence-corrected chi connectivity index (χ3v) is 5.33. The number of piperazine rings is 1. The number of rotatable bonds is 5. The zero-order valence-corrected chi connectivity index (χ0v) is 17.2. The number of anilines is 2. The molecule has 0 aromatic heterocycles. The Labute approximate surface area is 177 Å². The molecule has 1 aliphatic rings. The van der Waals surface area contributed by atoms with Gasteiger partial charge in [0.2, 0.25) is 5.91 Å². The molecule has 7 nitrogen and oxygen atoms in total. The van der Waals surface area contributed by atoms with E-state index in [1.165, 1.54) is 0 Å². The molecule has 10 heteroatoms. The van der Waals surface area contributed by atoms with Crippen LogP contribution in [0.3, 0.4) is 0 Å². The van der Waals surface area contributed by atoms with Crippen LogP contribution in [0, 0.1) is 24.0 Å². The van der Waals surface area contributed by atoms with Crippen LogP contribution in [-0.4, -0.2) is 48.5 Å². The highest BCUT2D eigenvalue weighted by Crippen LogP contribution is 2.36. The average Bonchev–Trinajstić information content (AvgIpc) is 2.70. The lowest BCUT2D eigenvalue weighted by Crippen LogP contribution is -2.48. The summed E-state index contributed by atoms with van der Waals surface area (Å²) in [5, 5.41) is 14.3. The fraction of sp³-hybridized carbons (Fsp3) is 0.381. The number of nitrogens with one attached hydrogen (secondary N) is 1. The number of nitro benzene ring substituents is 1. The molecule has 2 aromatic carbocycles. The Balaban J connectivity index is 1.63. The topological polar surface area (TPSA) is 78.7 Å². The van der Waals surface area contributed by atoms with E-state index < -0.39 is 22.4 Å². The Morgan fingerprint density at radius 2 is 1.71 bits per heavy atom. The van der Waals surface area contributed by atoms with Crippen LogP contribution in [0.1, 0.15) is 16.7 Å². The summed E-state index contributed by atoms with van der Waals surface area (Å²) in [4.78, 5) is 26.6. The van der Waals surface area contributed by atoms with Gasteiger partial charge in [-0.2, -0.15) is 13.2 Å².